The van der Waals surface area contributed by atoms with Crippen molar-refractivity contribution < 1.29 is 5.21 Å². The van der Waals surface area contributed by atoms with Gasteiger partial charge in [-0.25, -0.2) is 0 Å². The molecule has 2 nitrogen and oxygen atoms in total. The molecular formula is C9H18NO. The van der Waals surface area contributed by atoms with Gasteiger partial charge in [-0.2, -0.15) is 0 Å². The van der Waals surface area contributed by atoms with Crippen LogP contribution in [0.2, 0.25) is 0 Å². The smallest absolute Gasteiger partial charge is 0.0440 e. The minimum atomic E-state index is -0.133. The van der Waals surface area contributed by atoms with Gasteiger partial charge < -0.3 is 0 Å². The second kappa shape index (κ2) is 2.76. The first kappa shape index (κ1) is 9.01. The number of rotatable bonds is 0. The summed E-state index contributed by atoms with van der Waals surface area (Å²) >= 11 is 0. The van der Waals surface area contributed by atoms with Gasteiger partial charge in [-0.05, 0) is 39.5 Å². The predicted molar refractivity (Wildman–Crippen MR) is 44.5 cm³/mol. The van der Waals surface area contributed by atoms with Crippen molar-refractivity contribution in [2.24, 2.45) is 5.92 Å². The summed E-state index contributed by atoms with van der Waals surface area (Å²) in [6.45, 7) is 8.24. The lowest BCUT2D eigenvalue weighted by atomic mass is 9.83. The first-order valence-corrected chi connectivity index (χ1v) is 4.41. The van der Waals surface area contributed by atoms with E-state index < -0.39 is 0 Å². The fraction of sp³-hybridized carbons (Fsp3) is 1.00. The van der Waals surface area contributed by atoms with Crippen LogP contribution in [0.5, 0.6) is 0 Å². The number of hydroxylamine groups is 2. The molecule has 0 aromatic rings. The molecule has 0 aromatic carbocycles. The van der Waals surface area contributed by atoms with Gasteiger partial charge in [0.25, 0.3) is 0 Å². The van der Waals surface area contributed by atoms with E-state index in [0.717, 1.165) is 6.42 Å². The van der Waals surface area contributed by atoms with E-state index in [1.54, 1.807) is 0 Å². The summed E-state index contributed by atoms with van der Waals surface area (Å²) in [5.41, 5.74) is -0.133. The van der Waals surface area contributed by atoms with Crippen LogP contribution in [0.25, 0.3) is 0 Å². The molecule has 2 unspecified atom stereocenters. The number of nitrogens with zero attached hydrogens (tertiary/aromatic N) is 1. The quantitative estimate of drug-likeness (QED) is 0.527. The Labute approximate surface area is 69.2 Å². The SMILES string of the molecule is CC1CCC(C)(C)N([O])C1C. The Hall–Kier alpha value is -0.0800. The molecule has 1 fully saturated rings. The van der Waals surface area contributed by atoms with Crippen molar-refractivity contribution >= 4 is 0 Å². The van der Waals surface area contributed by atoms with E-state index in [1.165, 1.54) is 11.5 Å². The van der Waals surface area contributed by atoms with Gasteiger partial charge in [0.05, 0.1) is 0 Å². The first-order chi connectivity index (χ1) is 4.95. The van der Waals surface area contributed by atoms with E-state index in [1.807, 2.05) is 20.8 Å². The van der Waals surface area contributed by atoms with Crippen LogP contribution >= 0.6 is 0 Å². The first-order valence-electron chi connectivity index (χ1n) is 4.41. The molecule has 1 heterocycles. The Balaban J connectivity index is 2.67. The molecule has 0 aromatic heterocycles. The second-order valence-corrected chi connectivity index (χ2v) is 4.39. The zero-order chi connectivity index (χ0) is 8.65. The molecule has 1 aliphatic heterocycles. The van der Waals surface area contributed by atoms with E-state index in [2.05, 4.69) is 6.92 Å². The summed E-state index contributed by atoms with van der Waals surface area (Å²) in [4.78, 5) is 0. The van der Waals surface area contributed by atoms with Gasteiger partial charge in [0, 0.05) is 11.6 Å². The van der Waals surface area contributed by atoms with E-state index in [9.17, 15) is 5.21 Å². The van der Waals surface area contributed by atoms with Gasteiger partial charge in [-0.1, -0.05) is 6.92 Å². The van der Waals surface area contributed by atoms with Crippen molar-refractivity contribution in [1.29, 1.82) is 0 Å². The molecule has 2 atom stereocenters. The van der Waals surface area contributed by atoms with Crippen LogP contribution in [0.1, 0.15) is 40.5 Å². The second-order valence-electron chi connectivity index (χ2n) is 4.39. The summed E-state index contributed by atoms with van der Waals surface area (Å²) in [7, 11) is 0. The summed E-state index contributed by atoms with van der Waals surface area (Å²) in [5, 5.41) is 12.8. The summed E-state index contributed by atoms with van der Waals surface area (Å²) in [6.07, 6.45) is 2.22. The number of piperidine rings is 1. The minimum Gasteiger partial charge on any atom is -0.146 e. The average Bonchev–Trinajstić information content (AvgIpc) is 1.95. The molecule has 0 bridgehead atoms. The number of hydrogen-bond donors (Lipinski definition) is 0. The lowest BCUT2D eigenvalue weighted by molar-refractivity contribution is -0.265. The van der Waals surface area contributed by atoms with Crippen LogP contribution in [0, 0.1) is 5.92 Å². The number of hydrogen-bond acceptors (Lipinski definition) is 1. The molecule has 0 amide bonds. The molecule has 1 rings (SSSR count). The van der Waals surface area contributed by atoms with Crippen LogP contribution < -0.4 is 0 Å². The third-order valence-electron chi connectivity index (χ3n) is 3.00. The fourth-order valence-electron chi connectivity index (χ4n) is 1.71. The monoisotopic (exact) mass is 156 g/mol. The van der Waals surface area contributed by atoms with Gasteiger partial charge in [-0.3, -0.25) is 0 Å². The van der Waals surface area contributed by atoms with Crippen molar-refractivity contribution in [2.75, 3.05) is 0 Å². The van der Waals surface area contributed by atoms with Gasteiger partial charge >= 0.3 is 0 Å². The maximum Gasteiger partial charge on any atom is 0.0440 e. The van der Waals surface area contributed by atoms with Crippen molar-refractivity contribution in [1.82, 2.24) is 5.06 Å². The van der Waals surface area contributed by atoms with E-state index in [-0.39, 0.29) is 11.6 Å². The Morgan fingerprint density at radius 3 is 2.36 bits per heavy atom. The van der Waals surface area contributed by atoms with Crippen molar-refractivity contribution in [3.8, 4) is 0 Å². The van der Waals surface area contributed by atoms with Crippen LogP contribution in [-0.2, 0) is 5.21 Å². The van der Waals surface area contributed by atoms with Gasteiger partial charge in [-0.15, -0.1) is 10.3 Å². The molecule has 1 saturated heterocycles. The highest BCUT2D eigenvalue weighted by molar-refractivity contribution is 4.87. The predicted octanol–water partition coefficient (Wildman–Crippen LogP) is 2.23. The highest BCUT2D eigenvalue weighted by Crippen LogP contribution is 2.33. The van der Waals surface area contributed by atoms with Crippen molar-refractivity contribution in [3.05, 3.63) is 0 Å². The highest BCUT2D eigenvalue weighted by atomic mass is 16.5. The lowest BCUT2D eigenvalue weighted by Gasteiger charge is -2.43. The van der Waals surface area contributed by atoms with Crippen LogP contribution in [0.4, 0.5) is 0 Å². The summed E-state index contributed by atoms with van der Waals surface area (Å²) < 4.78 is 0. The largest absolute Gasteiger partial charge is 0.146 e. The van der Waals surface area contributed by atoms with Crippen LogP contribution in [-0.4, -0.2) is 16.6 Å². The third kappa shape index (κ3) is 1.57. The molecule has 0 N–H and O–H groups in total. The summed E-state index contributed by atoms with van der Waals surface area (Å²) in [5.74, 6) is 0.556. The summed E-state index contributed by atoms with van der Waals surface area (Å²) in [6, 6.07) is 0.193. The topological polar surface area (TPSA) is 23.1 Å². The zero-order valence-corrected chi connectivity index (χ0v) is 7.92. The molecule has 0 spiro atoms. The van der Waals surface area contributed by atoms with Crippen molar-refractivity contribution in [3.63, 3.8) is 0 Å². The molecular weight excluding hydrogens is 138 g/mol. The Kier molecular flexibility index (Phi) is 2.26. The van der Waals surface area contributed by atoms with Crippen molar-refractivity contribution in [2.45, 2.75) is 52.1 Å². The molecule has 0 aliphatic carbocycles. The van der Waals surface area contributed by atoms with E-state index in [0.29, 0.717) is 5.92 Å². The maximum atomic E-state index is 11.6. The Morgan fingerprint density at radius 2 is 1.91 bits per heavy atom. The molecule has 11 heavy (non-hydrogen) atoms. The normalized spacial score (nSPS) is 39.0. The van der Waals surface area contributed by atoms with Gasteiger partial charge in [0.15, 0.2) is 0 Å². The Morgan fingerprint density at radius 1 is 1.36 bits per heavy atom. The minimum absolute atomic E-state index is 0.133. The van der Waals surface area contributed by atoms with Crippen LogP contribution in [0.15, 0.2) is 0 Å². The molecule has 2 heteroatoms. The van der Waals surface area contributed by atoms with Gasteiger partial charge in [0.1, 0.15) is 0 Å². The van der Waals surface area contributed by atoms with Gasteiger partial charge in [0.2, 0.25) is 0 Å². The standard InChI is InChI=1S/C9H18NO/c1-7-5-6-9(3,4)10(11)8(7)2/h7-8H,5-6H2,1-4H3. The van der Waals surface area contributed by atoms with Crippen LogP contribution in [0.3, 0.4) is 0 Å². The molecule has 1 radical (unpaired) electrons. The average molecular weight is 156 g/mol. The molecule has 1 aliphatic rings. The van der Waals surface area contributed by atoms with E-state index >= 15 is 0 Å². The Bertz CT molecular complexity index is 144. The lowest BCUT2D eigenvalue weighted by Crippen LogP contribution is -2.52. The molecule has 65 valence electrons. The van der Waals surface area contributed by atoms with E-state index in [4.69, 9.17) is 0 Å². The zero-order valence-electron chi connectivity index (χ0n) is 7.92. The third-order valence-corrected chi connectivity index (χ3v) is 3.00. The molecule has 0 saturated carbocycles. The maximum absolute atomic E-state index is 11.6. The highest BCUT2D eigenvalue weighted by Gasteiger charge is 2.37. The fourth-order valence-corrected chi connectivity index (χ4v) is 1.71.